The Kier molecular flexibility index (Phi) is 2.43. The molecular formula is C9H11FN2. The number of hydrogen-bond acceptors (Lipinski definition) is 1. The Bertz CT molecular complexity index is 287. The molecule has 0 radical (unpaired) electrons. The zero-order chi connectivity index (χ0) is 9.14. The highest BCUT2D eigenvalue weighted by molar-refractivity contribution is 5.79. The van der Waals surface area contributed by atoms with Gasteiger partial charge in [0.2, 0.25) is 0 Å². The first kappa shape index (κ1) is 8.71. The Morgan fingerprint density at radius 2 is 2.25 bits per heavy atom. The third-order valence-corrected chi connectivity index (χ3v) is 1.72. The molecule has 2 nitrogen and oxygen atoms in total. The van der Waals surface area contributed by atoms with Crippen molar-refractivity contribution in [2.24, 2.45) is 5.73 Å². The summed E-state index contributed by atoms with van der Waals surface area (Å²) in [5.74, 6) is -0.298. The predicted octanol–water partition coefficient (Wildman–Crippen LogP) is 1.61. The Morgan fingerprint density at radius 1 is 1.58 bits per heavy atom. The third kappa shape index (κ3) is 1.81. The van der Waals surface area contributed by atoms with Crippen LogP contribution in [-0.4, -0.2) is 5.84 Å². The molecule has 0 bridgehead atoms. The summed E-state index contributed by atoms with van der Waals surface area (Å²) in [4.78, 5) is 0. The third-order valence-electron chi connectivity index (χ3n) is 1.72. The number of benzene rings is 1. The molecule has 0 saturated heterocycles. The number of nitrogens with one attached hydrogen (secondary N) is 1. The van der Waals surface area contributed by atoms with Crippen molar-refractivity contribution in [3.8, 4) is 0 Å². The quantitative estimate of drug-likeness (QED) is 0.509. The van der Waals surface area contributed by atoms with Crippen molar-refractivity contribution < 1.29 is 4.39 Å². The molecule has 64 valence electrons. The van der Waals surface area contributed by atoms with Gasteiger partial charge in [0, 0.05) is 6.42 Å². The SMILES string of the molecule is Cc1cccc(F)c1CC(=N)N. The van der Waals surface area contributed by atoms with E-state index in [4.69, 9.17) is 11.1 Å². The van der Waals surface area contributed by atoms with Crippen LogP contribution in [0.1, 0.15) is 11.1 Å². The molecule has 0 aliphatic heterocycles. The minimum Gasteiger partial charge on any atom is -0.387 e. The molecule has 0 spiro atoms. The van der Waals surface area contributed by atoms with Gasteiger partial charge in [-0.2, -0.15) is 0 Å². The molecule has 3 heteroatoms. The first-order valence-corrected chi connectivity index (χ1v) is 3.68. The molecule has 0 heterocycles. The van der Waals surface area contributed by atoms with Crippen LogP contribution in [0.25, 0.3) is 0 Å². The van der Waals surface area contributed by atoms with Crippen molar-refractivity contribution in [3.05, 3.63) is 35.1 Å². The molecule has 3 N–H and O–H groups in total. The number of nitrogens with two attached hydrogens (primary N) is 1. The average Bonchev–Trinajstić information content (AvgIpc) is 1.97. The summed E-state index contributed by atoms with van der Waals surface area (Å²) < 4.78 is 13.1. The molecular weight excluding hydrogens is 155 g/mol. The normalized spacial score (nSPS) is 9.83. The van der Waals surface area contributed by atoms with E-state index in [9.17, 15) is 4.39 Å². The van der Waals surface area contributed by atoms with E-state index in [0.717, 1.165) is 5.56 Å². The van der Waals surface area contributed by atoms with Gasteiger partial charge in [0.1, 0.15) is 5.82 Å². The summed E-state index contributed by atoms with van der Waals surface area (Å²) in [6.07, 6.45) is 0.193. The smallest absolute Gasteiger partial charge is 0.127 e. The van der Waals surface area contributed by atoms with Crippen molar-refractivity contribution in [2.75, 3.05) is 0 Å². The second-order valence-corrected chi connectivity index (χ2v) is 2.74. The molecule has 0 unspecified atom stereocenters. The van der Waals surface area contributed by atoms with E-state index in [1.165, 1.54) is 6.07 Å². The van der Waals surface area contributed by atoms with Crippen LogP contribution in [0.5, 0.6) is 0 Å². The van der Waals surface area contributed by atoms with Gasteiger partial charge < -0.3 is 5.73 Å². The Labute approximate surface area is 70.7 Å². The molecule has 1 aromatic carbocycles. The van der Waals surface area contributed by atoms with E-state index in [0.29, 0.717) is 5.56 Å². The monoisotopic (exact) mass is 166 g/mol. The van der Waals surface area contributed by atoms with Crippen LogP contribution in [0.2, 0.25) is 0 Å². The molecule has 0 saturated carbocycles. The zero-order valence-corrected chi connectivity index (χ0v) is 6.89. The van der Waals surface area contributed by atoms with Crippen LogP contribution >= 0.6 is 0 Å². The molecule has 0 aliphatic carbocycles. The van der Waals surface area contributed by atoms with Crippen LogP contribution in [0.4, 0.5) is 4.39 Å². The van der Waals surface area contributed by atoms with Crippen molar-refractivity contribution in [3.63, 3.8) is 0 Å². The van der Waals surface area contributed by atoms with Crippen LogP contribution in [0, 0.1) is 18.2 Å². The number of aryl methyl sites for hydroxylation is 1. The van der Waals surface area contributed by atoms with Crippen LogP contribution in [-0.2, 0) is 6.42 Å². The first-order chi connectivity index (χ1) is 5.61. The van der Waals surface area contributed by atoms with Gasteiger partial charge in [-0.25, -0.2) is 4.39 Å². The van der Waals surface area contributed by atoms with Crippen LogP contribution in [0.15, 0.2) is 18.2 Å². The summed E-state index contributed by atoms with van der Waals surface area (Å²) in [6, 6.07) is 4.83. The zero-order valence-electron chi connectivity index (χ0n) is 6.89. The van der Waals surface area contributed by atoms with Crippen molar-refractivity contribution in [1.29, 1.82) is 5.41 Å². The molecule has 1 rings (SSSR count). The Balaban J connectivity index is 3.04. The average molecular weight is 166 g/mol. The van der Waals surface area contributed by atoms with Gasteiger partial charge in [0.05, 0.1) is 5.84 Å². The van der Waals surface area contributed by atoms with Crippen LogP contribution in [0.3, 0.4) is 0 Å². The summed E-state index contributed by atoms with van der Waals surface area (Å²) in [5.41, 5.74) is 6.54. The van der Waals surface area contributed by atoms with E-state index in [1.54, 1.807) is 19.1 Å². The summed E-state index contributed by atoms with van der Waals surface area (Å²) in [6.45, 7) is 1.81. The summed E-state index contributed by atoms with van der Waals surface area (Å²) in [5, 5.41) is 7.04. The molecule has 0 fully saturated rings. The molecule has 0 aromatic heterocycles. The highest BCUT2D eigenvalue weighted by Crippen LogP contribution is 2.12. The van der Waals surface area contributed by atoms with Gasteiger partial charge in [-0.05, 0) is 24.1 Å². The van der Waals surface area contributed by atoms with Crippen molar-refractivity contribution in [2.45, 2.75) is 13.3 Å². The van der Waals surface area contributed by atoms with E-state index in [1.807, 2.05) is 0 Å². The van der Waals surface area contributed by atoms with E-state index >= 15 is 0 Å². The van der Waals surface area contributed by atoms with Gasteiger partial charge in [-0.15, -0.1) is 0 Å². The van der Waals surface area contributed by atoms with E-state index < -0.39 is 0 Å². The summed E-state index contributed by atoms with van der Waals surface area (Å²) in [7, 11) is 0. The first-order valence-electron chi connectivity index (χ1n) is 3.68. The van der Waals surface area contributed by atoms with Crippen molar-refractivity contribution in [1.82, 2.24) is 0 Å². The lowest BCUT2D eigenvalue weighted by Gasteiger charge is -2.04. The fraction of sp³-hybridized carbons (Fsp3) is 0.222. The Hall–Kier alpha value is -1.38. The topological polar surface area (TPSA) is 49.9 Å². The molecule has 0 atom stereocenters. The lowest BCUT2D eigenvalue weighted by molar-refractivity contribution is 0.614. The number of hydrogen-bond donors (Lipinski definition) is 2. The van der Waals surface area contributed by atoms with Gasteiger partial charge in [-0.3, -0.25) is 5.41 Å². The lowest BCUT2D eigenvalue weighted by atomic mass is 10.1. The fourth-order valence-corrected chi connectivity index (χ4v) is 1.08. The summed E-state index contributed by atoms with van der Waals surface area (Å²) >= 11 is 0. The van der Waals surface area contributed by atoms with Gasteiger partial charge in [-0.1, -0.05) is 12.1 Å². The molecule has 1 aromatic rings. The minimum absolute atomic E-state index is 0.0109. The predicted molar refractivity (Wildman–Crippen MR) is 46.8 cm³/mol. The largest absolute Gasteiger partial charge is 0.387 e. The number of rotatable bonds is 2. The maximum atomic E-state index is 13.1. The minimum atomic E-state index is -0.287. The molecule has 12 heavy (non-hydrogen) atoms. The second-order valence-electron chi connectivity index (χ2n) is 2.74. The number of halogens is 1. The fourth-order valence-electron chi connectivity index (χ4n) is 1.08. The highest BCUT2D eigenvalue weighted by atomic mass is 19.1. The van der Waals surface area contributed by atoms with Gasteiger partial charge in [0.25, 0.3) is 0 Å². The second kappa shape index (κ2) is 3.34. The number of amidine groups is 1. The molecule has 0 aliphatic rings. The Morgan fingerprint density at radius 3 is 2.75 bits per heavy atom. The maximum Gasteiger partial charge on any atom is 0.127 e. The van der Waals surface area contributed by atoms with Gasteiger partial charge >= 0.3 is 0 Å². The van der Waals surface area contributed by atoms with E-state index in [-0.39, 0.29) is 18.1 Å². The van der Waals surface area contributed by atoms with Crippen LogP contribution < -0.4 is 5.73 Å². The standard InChI is InChI=1S/C9H11FN2/c1-6-3-2-4-8(10)7(6)5-9(11)12/h2-4H,5H2,1H3,(H3,11,12). The van der Waals surface area contributed by atoms with E-state index in [2.05, 4.69) is 0 Å². The molecule has 0 amide bonds. The maximum absolute atomic E-state index is 13.1. The lowest BCUT2D eigenvalue weighted by Crippen LogP contribution is -2.14. The van der Waals surface area contributed by atoms with Gasteiger partial charge in [0.15, 0.2) is 0 Å². The highest BCUT2D eigenvalue weighted by Gasteiger charge is 2.05. The van der Waals surface area contributed by atoms with Crippen molar-refractivity contribution >= 4 is 5.84 Å².